The Hall–Kier alpha value is -2.54. The minimum atomic E-state index is -0.318. The summed E-state index contributed by atoms with van der Waals surface area (Å²) in [7, 11) is 0. The highest BCUT2D eigenvalue weighted by atomic mass is 19.1. The Morgan fingerprint density at radius 1 is 1.32 bits per heavy atom. The number of halogens is 1. The van der Waals surface area contributed by atoms with Crippen LogP contribution in [0.15, 0.2) is 36.9 Å². The lowest BCUT2D eigenvalue weighted by molar-refractivity contribution is 0.0832. The van der Waals surface area contributed by atoms with Crippen molar-refractivity contribution in [2.45, 2.75) is 26.0 Å². The zero-order valence-corrected chi connectivity index (χ0v) is 14.0. The lowest BCUT2D eigenvalue weighted by Gasteiger charge is -2.20. The topological polar surface area (TPSA) is 64.9 Å². The summed E-state index contributed by atoms with van der Waals surface area (Å²) < 4.78 is 22.2. The monoisotopic (exact) mass is 341 g/mol. The Labute approximate surface area is 145 Å². The Balaban J connectivity index is 1.55. The third-order valence-electron chi connectivity index (χ3n) is 4.70. The van der Waals surface area contributed by atoms with E-state index in [4.69, 9.17) is 4.74 Å². The molecule has 0 radical (unpaired) electrons. The maximum atomic E-state index is 14.2. The molecule has 7 heteroatoms. The average molecular weight is 341 g/mol. The first-order valence-electron chi connectivity index (χ1n) is 8.53. The highest BCUT2D eigenvalue weighted by molar-refractivity contribution is 5.89. The minimum absolute atomic E-state index is 0.0552. The van der Waals surface area contributed by atoms with Crippen LogP contribution in [0.2, 0.25) is 0 Å². The van der Waals surface area contributed by atoms with Gasteiger partial charge in [-0.15, -0.1) is 0 Å². The molecule has 0 saturated carbocycles. The van der Waals surface area contributed by atoms with Crippen molar-refractivity contribution >= 4 is 16.7 Å². The third kappa shape index (κ3) is 2.95. The summed E-state index contributed by atoms with van der Waals surface area (Å²) in [6, 6.07) is 4.86. The number of rotatable bonds is 5. The number of hydrogen-bond acceptors (Lipinski definition) is 5. The van der Waals surface area contributed by atoms with Gasteiger partial charge in [0.1, 0.15) is 29.9 Å². The van der Waals surface area contributed by atoms with E-state index in [0.29, 0.717) is 29.9 Å². The normalized spacial score (nSPS) is 20.2. The molecule has 0 aliphatic carbocycles. The summed E-state index contributed by atoms with van der Waals surface area (Å²) in [6.07, 6.45) is 6.10. The lowest BCUT2D eigenvalue weighted by atomic mass is 10.0. The number of nitrogens with one attached hydrogen (secondary N) is 1. The molecule has 0 spiro atoms. The molecule has 1 N–H and O–H groups in total. The van der Waals surface area contributed by atoms with Gasteiger partial charge in [-0.2, -0.15) is 0 Å². The maximum absolute atomic E-state index is 14.2. The van der Waals surface area contributed by atoms with Crippen LogP contribution in [0.3, 0.4) is 0 Å². The molecule has 3 heterocycles. The van der Waals surface area contributed by atoms with Crippen LogP contribution in [-0.2, 0) is 11.3 Å². The van der Waals surface area contributed by atoms with Crippen LogP contribution in [0.1, 0.15) is 25.3 Å². The molecule has 1 aliphatic heterocycles. The van der Waals surface area contributed by atoms with Gasteiger partial charge >= 0.3 is 0 Å². The van der Waals surface area contributed by atoms with Crippen molar-refractivity contribution < 1.29 is 9.13 Å². The second kappa shape index (κ2) is 6.76. The van der Waals surface area contributed by atoms with Gasteiger partial charge < -0.3 is 14.6 Å². The van der Waals surface area contributed by atoms with Gasteiger partial charge in [0.25, 0.3) is 0 Å². The zero-order valence-electron chi connectivity index (χ0n) is 14.0. The Kier molecular flexibility index (Phi) is 4.31. The van der Waals surface area contributed by atoms with Crippen molar-refractivity contribution in [3.63, 3.8) is 0 Å². The van der Waals surface area contributed by atoms with E-state index in [-0.39, 0.29) is 17.8 Å². The molecule has 0 unspecified atom stereocenters. The molecule has 4 rings (SSSR count). The summed E-state index contributed by atoms with van der Waals surface area (Å²) in [5.41, 5.74) is 0.596. The number of ether oxygens (including phenoxy) is 1. The molecule has 130 valence electrons. The van der Waals surface area contributed by atoms with Crippen molar-refractivity contribution in [3.8, 4) is 0 Å². The second-order valence-corrected chi connectivity index (χ2v) is 6.15. The number of nitrogens with zero attached hydrogens (tertiary/aromatic N) is 4. The minimum Gasteiger partial charge on any atom is -0.370 e. The molecule has 2 atom stereocenters. The Bertz CT molecular complexity index is 876. The van der Waals surface area contributed by atoms with Crippen LogP contribution in [0, 0.1) is 11.7 Å². The fraction of sp³-hybridized carbons (Fsp3) is 0.389. The first-order valence-corrected chi connectivity index (χ1v) is 8.53. The van der Waals surface area contributed by atoms with E-state index in [9.17, 15) is 4.39 Å². The van der Waals surface area contributed by atoms with Crippen LogP contribution < -0.4 is 5.32 Å². The van der Waals surface area contributed by atoms with Gasteiger partial charge in [0, 0.05) is 38.0 Å². The van der Waals surface area contributed by atoms with Gasteiger partial charge in [-0.05, 0) is 25.5 Å². The first-order chi connectivity index (χ1) is 12.3. The van der Waals surface area contributed by atoms with Crippen molar-refractivity contribution in [3.05, 3.63) is 48.6 Å². The fourth-order valence-corrected chi connectivity index (χ4v) is 3.40. The lowest BCUT2D eigenvalue weighted by Crippen LogP contribution is -2.21. The standard InChI is InChI=1S/C18H20FN5O/c1-2-24-8-7-20-18(24)16-12(6-9-25-16)10-21-17-15-13(19)4-3-5-14(15)22-11-23-17/h3-5,7-8,11-12,16H,2,6,9-10H2,1H3,(H,21,22,23)/t12-,16+/m0/s1. The van der Waals surface area contributed by atoms with E-state index in [0.717, 1.165) is 18.8 Å². The van der Waals surface area contributed by atoms with Gasteiger partial charge in [0.15, 0.2) is 0 Å². The smallest absolute Gasteiger partial charge is 0.140 e. The summed E-state index contributed by atoms with van der Waals surface area (Å²) in [6.45, 7) is 4.29. The molecule has 1 saturated heterocycles. The van der Waals surface area contributed by atoms with Gasteiger partial charge in [0.05, 0.1) is 10.9 Å². The van der Waals surface area contributed by atoms with E-state index in [2.05, 4.69) is 31.8 Å². The van der Waals surface area contributed by atoms with E-state index < -0.39 is 0 Å². The number of anilines is 1. The second-order valence-electron chi connectivity index (χ2n) is 6.15. The van der Waals surface area contributed by atoms with Crippen molar-refractivity contribution in [1.82, 2.24) is 19.5 Å². The van der Waals surface area contributed by atoms with Crippen LogP contribution >= 0.6 is 0 Å². The molecule has 25 heavy (non-hydrogen) atoms. The number of imidazole rings is 1. The summed E-state index contributed by atoms with van der Waals surface area (Å²) in [4.78, 5) is 12.8. The fourth-order valence-electron chi connectivity index (χ4n) is 3.40. The molecular formula is C18H20FN5O. The van der Waals surface area contributed by atoms with Crippen molar-refractivity contribution in [2.24, 2.45) is 5.92 Å². The van der Waals surface area contributed by atoms with Crippen molar-refractivity contribution in [2.75, 3.05) is 18.5 Å². The Morgan fingerprint density at radius 2 is 2.24 bits per heavy atom. The number of fused-ring (bicyclic) bond motifs is 1. The van der Waals surface area contributed by atoms with Crippen LogP contribution in [0.25, 0.3) is 10.9 Å². The molecule has 6 nitrogen and oxygen atoms in total. The van der Waals surface area contributed by atoms with E-state index in [1.54, 1.807) is 18.3 Å². The summed E-state index contributed by atoms with van der Waals surface area (Å²) in [5.74, 6) is 1.41. The van der Waals surface area contributed by atoms with Crippen LogP contribution in [0.5, 0.6) is 0 Å². The number of aromatic nitrogens is 4. The predicted molar refractivity (Wildman–Crippen MR) is 92.7 cm³/mol. The molecule has 1 aromatic carbocycles. The van der Waals surface area contributed by atoms with E-state index in [1.807, 2.05) is 6.20 Å². The number of aryl methyl sites for hydroxylation is 1. The average Bonchev–Trinajstić information content (AvgIpc) is 3.28. The number of benzene rings is 1. The van der Waals surface area contributed by atoms with E-state index >= 15 is 0 Å². The van der Waals surface area contributed by atoms with Crippen LogP contribution in [0.4, 0.5) is 10.2 Å². The SMILES string of the molecule is CCn1ccnc1[C@@H]1OCC[C@H]1CNc1ncnc2cccc(F)c12. The van der Waals surface area contributed by atoms with Gasteiger partial charge in [0.2, 0.25) is 0 Å². The number of hydrogen-bond donors (Lipinski definition) is 1. The molecule has 2 aromatic heterocycles. The Morgan fingerprint density at radius 3 is 3.12 bits per heavy atom. The third-order valence-corrected chi connectivity index (χ3v) is 4.70. The van der Waals surface area contributed by atoms with Crippen molar-refractivity contribution in [1.29, 1.82) is 0 Å². The summed E-state index contributed by atoms with van der Waals surface area (Å²) >= 11 is 0. The summed E-state index contributed by atoms with van der Waals surface area (Å²) in [5, 5.41) is 3.72. The zero-order chi connectivity index (χ0) is 17.2. The van der Waals surface area contributed by atoms with Crippen LogP contribution in [-0.4, -0.2) is 32.7 Å². The largest absolute Gasteiger partial charge is 0.370 e. The molecular weight excluding hydrogens is 321 g/mol. The predicted octanol–water partition coefficient (Wildman–Crippen LogP) is 3.18. The van der Waals surface area contributed by atoms with Gasteiger partial charge in [-0.25, -0.2) is 19.3 Å². The highest BCUT2D eigenvalue weighted by Crippen LogP contribution is 2.34. The quantitative estimate of drug-likeness (QED) is 0.772. The first kappa shape index (κ1) is 16.0. The molecule has 1 fully saturated rings. The molecule has 1 aliphatic rings. The molecule has 0 amide bonds. The molecule has 0 bridgehead atoms. The highest BCUT2D eigenvalue weighted by Gasteiger charge is 2.32. The molecule has 3 aromatic rings. The van der Waals surface area contributed by atoms with Gasteiger partial charge in [-0.1, -0.05) is 6.07 Å². The van der Waals surface area contributed by atoms with Gasteiger partial charge in [-0.3, -0.25) is 0 Å². The van der Waals surface area contributed by atoms with E-state index in [1.165, 1.54) is 12.4 Å². The maximum Gasteiger partial charge on any atom is 0.140 e.